The van der Waals surface area contributed by atoms with Gasteiger partial charge in [0.15, 0.2) is 0 Å². The molecule has 2 amide bonds. The summed E-state index contributed by atoms with van der Waals surface area (Å²) in [5, 5.41) is 8.82. The second-order valence-electron chi connectivity index (χ2n) is 4.34. The van der Waals surface area contributed by atoms with E-state index in [0.29, 0.717) is 26.2 Å². The van der Waals surface area contributed by atoms with E-state index in [2.05, 4.69) is 0 Å². The molecular weight excluding hydrogens is 244 g/mol. The maximum absolute atomic E-state index is 11.9. The first-order valence-corrected chi connectivity index (χ1v) is 6.17. The molecule has 2 rings (SSSR count). The van der Waals surface area contributed by atoms with Crippen molar-refractivity contribution in [2.24, 2.45) is 0 Å². The summed E-state index contributed by atoms with van der Waals surface area (Å²) in [5.41, 5.74) is 0.972. The van der Waals surface area contributed by atoms with E-state index in [1.165, 1.54) is 11.0 Å². The fourth-order valence-electron chi connectivity index (χ4n) is 1.96. The SMILES string of the molecule is O=C(O)N1CCN(C(=O)C=Cc2ccccc2)CC1. The van der Waals surface area contributed by atoms with Crippen LogP contribution in [0.4, 0.5) is 4.79 Å². The molecule has 0 unspecified atom stereocenters. The smallest absolute Gasteiger partial charge is 0.407 e. The first-order chi connectivity index (χ1) is 9.16. The zero-order valence-corrected chi connectivity index (χ0v) is 10.5. The van der Waals surface area contributed by atoms with Crippen molar-refractivity contribution < 1.29 is 14.7 Å². The van der Waals surface area contributed by atoms with Crippen molar-refractivity contribution in [3.63, 3.8) is 0 Å². The Morgan fingerprint density at radius 2 is 1.58 bits per heavy atom. The molecule has 100 valence electrons. The van der Waals surface area contributed by atoms with Crippen molar-refractivity contribution in [1.82, 2.24) is 9.80 Å². The van der Waals surface area contributed by atoms with E-state index in [9.17, 15) is 9.59 Å². The van der Waals surface area contributed by atoms with E-state index in [4.69, 9.17) is 5.11 Å². The molecule has 1 aromatic rings. The standard InChI is InChI=1S/C14H16N2O3/c17-13(7-6-12-4-2-1-3-5-12)15-8-10-16(11-9-15)14(18)19/h1-7H,8-11H2,(H,18,19). The second kappa shape index (κ2) is 6.04. The molecule has 1 aliphatic rings. The lowest BCUT2D eigenvalue weighted by Gasteiger charge is -2.32. The summed E-state index contributed by atoms with van der Waals surface area (Å²) < 4.78 is 0. The molecule has 5 nitrogen and oxygen atoms in total. The van der Waals surface area contributed by atoms with Crippen LogP contribution in [0.3, 0.4) is 0 Å². The van der Waals surface area contributed by atoms with Gasteiger partial charge in [-0.05, 0) is 11.6 Å². The molecule has 0 saturated carbocycles. The molecule has 0 atom stereocenters. The molecule has 5 heteroatoms. The van der Waals surface area contributed by atoms with Gasteiger partial charge in [-0.3, -0.25) is 4.79 Å². The lowest BCUT2D eigenvalue weighted by molar-refractivity contribution is -0.127. The third-order valence-corrected chi connectivity index (χ3v) is 3.08. The van der Waals surface area contributed by atoms with Crippen LogP contribution in [-0.2, 0) is 4.79 Å². The molecule has 0 radical (unpaired) electrons. The maximum Gasteiger partial charge on any atom is 0.407 e. The van der Waals surface area contributed by atoms with Gasteiger partial charge in [0, 0.05) is 32.3 Å². The van der Waals surface area contributed by atoms with Crippen molar-refractivity contribution in [2.45, 2.75) is 0 Å². The molecule has 19 heavy (non-hydrogen) atoms. The van der Waals surface area contributed by atoms with Crippen LogP contribution in [0.2, 0.25) is 0 Å². The van der Waals surface area contributed by atoms with E-state index in [1.54, 1.807) is 11.0 Å². The normalized spacial score (nSPS) is 15.8. The van der Waals surface area contributed by atoms with E-state index >= 15 is 0 Å². The zero-order chi connectivity index (χ0) is 13.7. The summed E-state index contributed by atoms with van der Waals surface area (Å²) in [6.45, 7) is 1.65. The quantitative estimate of drug-likeness (QED) is 0.820. The summed E-state index contributed by atoms with van der Waals surface area (Å²) in [6.07, 6.45) is 2.38. The van der Waals surface area contributed by atoms with E-state index in [0.717, 1.165) is 5.56 Å². The molecule has 1 aliphatic heterocycles. The van der Waals surface area contributed by atoms with Gasteiger partial charge in [0.25, 0.3) is 0 Å². The van der Waals surface area contributed by atoms with Crippen molar-refractivity contribution in [3.8, 4) is 0 Å². The minimum Gasteiger partial charge on any atom is -0.465 e. The molecule has 0 bridgehead atoms. The third kappa shape index (κ3) is 3.58. The first kappa shape index (κ1) is 13.1. The van der Waals surface area contributed by atoms with Crippen LogP contribution in [0.1, 0.15) is 5.56 Å². The Morgan fingerprint density at radius 3 is 2.16 bits per heavy atom. The summed E-state index contributed by atoms with van der Waals surface area (Å²) in [4.78, 5) is 25.7. The van der Waals surface area contributed by atoms with Gasteiger partial charge >= 0.3 is 6.09 Å². The molecule has 0 spiro atoms. The Bertz CT molecular complexity index is 477. The van der Waals surface area contributed by atoms with Crippen LogP contribution in [0.5, 0.6) is 0 Å². The average Bonchev–Trinajstić information content (AvgIpc) is 2.46. The molecule has 1 N–H and O–H groups in total. The highest BCUT2D eigenvalue weighted by atomic mass is 16.4. The Labute approximate surface area is 111 Å². The average molecular weight is 260 g/mol. The molecule has 0 aliphatic carbocycles. The summed E-state index contributed by atoms with van der Waals surface area (Å²) >= 11 is 0. The van der Waals surface area contributed by atoms with Crippen LogP contribution in [-0.4, -0.2) is 53.1 Å². The maximum atomic E-state index is 11.9. The number of carbonyl (C=O) groups excluding carboxylic acids is 1. The Morgan fingerprint density at radius 1 is 1.00 bits per heavy atom. The minimum atomic E-state index is -0.924. The van der Waals surface area contributed by atoms with Gasteiger partial charge in [-0.2, -0.15) is 0 Å². The largest absolute Gasteiger partial charge is 0.465 e. The Balaban J connectivity index is 1.88. The molecule has 0 aromatic heterocycles. The Hall–Kier alpha value is -2.30. The number of nitrogens with zero attached hydrogens (tertiary/aromatic N) is 2. The lowest BCUT2D eigenvalue weighted by Crippen LogP contribution is -2.49. The molecule has 1 heterocycles. The lowest BCUT2D eigenvalue weighted by atomic mass is 10.2. The van der Waals surface area contributed by atoms with Crippen LogP contribution in [0, 0.1) is 0 Å². The van der Waals surface area contributed by atoms with Crippen molar-refractivity contribution in [2.75, 3.05) is 26.2 Å². The predicted octanol–water partition coefficient (Wildman–Crippen LogP) is 1.52. The van der Waals surface area contributed by atoms with Crippen molar-refractivity contribution >= 4 is 18.1 Å². The summed E-state index contributed by atoms with van der Waals surface area (Å²) in [6, 6.07) is 9.59. The predicted molar refractivity (Wildman–Crippen MR) is 71.7 cm³/mol. The van der Waals surface area contributed by atoms with Crippen molar-refractivity contribution in [1.29, 1.82) is 0 Å². The molecule has 1 fully saturated rings. The zero-order valence-electron chi connectivity index (χ0n) is 10.5. The van der Waals surface area contributed by atoms with Gasteiger partial charge in [-0.15, -0.1) is 0 Å². The van der Waals surface area contributed by atoms with E-state index < -0.39 is 6.09 Å². The Kier molecular flexibility index (Phi) is 4.18. The van der Waals surface area contributed by atoms with Gasteiger partial charge < -0.3 is 14.9 Å². The molecule has 1 saturated heterocycles. The highest BCUT2D eigenvalue weighted by Crippen LogP contribution is 2.05. The van der Waals surface area contributed by atoms with Gasteiger partial charge in [0.1, 0.15) is 0 Å². The van der Waals surface area contributed by atoms with Gasteiger partial charge in [0.2, 0.25) is 5.91 Å². The fourth-order valence-corrected chi connectivity index (χ4v) is 1.96. The number of rotatable bonds is 2. The molecule has 1 aromatic carbocycles. The topological polar surface area (TPSA) is 60.9 Å². The first-order valence-electron chi connectivity index (χ1n) is 6.17. The monoisotopic (exact) mass is 260 g/mol. The fraction of sp³-hybridized carbons (Fsp3) is 0.286. The highest BCUT2D eigenvalue weighted by molar-refractivity contribution is 5.91. The van der Waals surface area contributed by atoms with Crippen LogP contribution >= 0.6 is 0 Å². The number of hydrogen-bond donors (Lipinski definition) is 1. The van der Waals surface area contributed by atoms with Crippen LogP contribution in [0.25, 0.3) is 6.08 Å². The van der Waals surface area contributed by atoms with Gasteiger partial charge in [0.05, 0.1) is 0 Å². The van der Waals surface area contributed by atoms with Crippen molar-refractivity contribution in [3.05, 3.63) is 42.0 Å². The highest BCUT2D eigenvalue weighted by Gasteiger charge is 2.22. The number of benzene rings is 1. The minimum absolute atomic E-state index is 0.0751. The summed E-state index contributed by atoms with van der Waals surface area (Å²) in [7, 11) is 0. The van der Waals surface area contributed by atoms with Crippen LogP contribution < -0.4 is 0 Å². The van der Waals surface area contributed by atoms with E-state index in [1.807, 2.05) is 30.3 Å². The second-order valence-corrected chi connectivity index (χ2v) is 4.34. The van der Waals surface area contributed by atoms with Gasteiger partial charge in [-0.1, -0.05) is 30.3 Å². The summed E-state index contributed by atoms with van der Waals surface area (Å²) in [5.74, 6) is -0.0751. The number of hydrogen-bond acceptors (Lipinski definition) is 2. The van der Waals surface area contributed by atoms with Gasteiger partial charge in [-0.25, -0.2) is 4.79 Å². The van der Waals surface area contributed by atoms with E-state index in [-0.39, 0.29) is 5.91 Å². The molecular formula is C14H16N2O3. The number of carbonyl (C=O) groups is 2. The number of carboxylic acid groups (broad SMARTS) is 1. The third-order valence-electron chi connectivity index (χ3n) is 3.08. The number of piperazine rings is 1. The van der Waals surface area contributed by atoms with Crippen LogP contribution in [0.15, 0.2) is 36.4 Å². The number of amides is 2.